The van der Waals surface area contributed by atoms with E-state index in [-0.39, 0.29) is 12.2 Å². The maximum atomic E-state index is 12.7. The van der Waals surface area contributed by atoms with Crippen molar-refractivity contribution in [3.05, 3.63) is 62.5 Å². The molecule has 3 rings (SSSR count). The molecule has 7 nitrogen and oxygen atoms in total. The number of hydrogen-bond acceptors (Lipinski definition) is 7. The first-order chi connectivity index (χ1) is 14.0. The second kappa shape index (κ2) is 9.78. The van der Waals surface area contributed by atoms with E-state index in [1.165, 1.54) is 16.9 Å². The Morgan fingerprint density at radius 2 is 1.97 bits per heavy atom. The second-order valence-electron chi connectivity index (χ2n) is 6.67. The number of nitrogens with one attached hydrogen (secondary N) is 1. The lowest BCUT2D eigenvalue weighted by Gasteiger charge is -2.19. The molecule has 0 saturated carbocycles. The van der Waals surface area contributed by atoms with Crippen LogP contribution in [0, 0.1) is 6.92 Å². The van der Waals surface area contributed by atoms with Crippen LogP contribution in [-0.2, 0) is 22.6 Å². The molecule has 0 spiro atoms. The van der Waals surface area contributed by atoms with Crippen LogP contribution in [-0.4, -0.2) is 47.7 Å². The van der Waals surface area contributed by atoms with E-state index in [0.717, 1.165) is 13.1 Å². The number of ether oxygens (including phenoxy) is 2. The lowest BCUT2D eigenvalue weighted by Crippen LogP contribution is -2.25. The summed E-state index contributed by atoms with van der Waals surface area (Å²) in [5, 5.41) is 0.448. The topological polar surface area (TPSA) is 84.5 Å². The Bertz CT molecular complexity index is 1030. The smallest absolute Gasteiger partial charge is 0.348 e. The van der Waals surface area contributed by atoms with Crippen LogP contribution in [0.2, 0.25) is 0 Å². The fourth-order valence-electron chi connectivity index (χ4n) is 3.07. The number of aryl methyl sites for hydroxylation is 1. The summed E-state index contributed by atoms with van der Waals surface area (Å²) in [5.41, 5.74) is 1.57. The first-order valence-corrected chi connectivity index (χ1v) is 10.3. The number of nitrogens with zero attached hydrogens (tertiary/aromatic N) is 2. The summed E-state index contributed by atoms with van der Waals surface area (Å²) in [7, 11) is 1.54. The van der Waals surface area contributed by atoms with Gasteiger partial charge in [-0.05, 0) is 24.6 Å². The Morgan fingerprint density at radius 3 is 2.66 bits per heavy atom. The van der Waals surface area contributed by atoms with E-state index in [1.807, 2.05) is 18.2 Å². The molecular weight excluding hydrogens is 390 g/mol. The van der Waals surface area contributed by atoms with Gasteiger partial charge in [0.15, 0.2) is 0 Å². The summed E-state index contributed by atoms with van der Waals surface area (Å²) < 4.78 is 10.1. The van der Waals surface area contributed by atoms with Gasteiger partial charge in [-0.2, -0.15) is 0 Å². The number of H-pyrrole nitrogens is 1. The first kappa shape index (κ1) is 21.2. The number of methoxy groups -OCH3 is 1. The van der Waals surface area contributed by atoms with Crippen LogP contribution in [0.4, 0.5) is 0 Å². The average Bonchev–Trinajstić information content (AvgIpc) is 3.05. The predicted octanol–water partition coefficient (Wildman–Crippen LogP) is 3.12. The van der Waals surface area contributed by atoms with Gasteiger partial charge in [0, 0.05) is 13.7 Å². The molecule has 2 aromatic heterocycles. The van der Waals surface area contributed by atoms with E-state index in [4.69, 9.17) is 9.47 Å². The summed E-state index contributed by atoms with van der Waals surface area (Å²) in [6, 6.07) is 10.2. The molecule has 0 aliphatic rings. The van der Waals surface area contributed by atoms with Gasteiger partial charge in [0.1, 0.15) is 22.1 Å². The SMILES string of the molecule is CCN(Cc1ccccc1)Cc1nc2sc(C(=O)OCCOC)c(C)c2c(=O)[nH]1. The van der Waals surface area contributed by atoms with Crippen LogP contribution in [0.1, 0.15) is 33.5 Å². The maximum absolute atomic E-state index is 12.7. The summed E-state index contributed by atoms with van der Waals surface area (Å²) in [5.74, 6) is 0.128. The molecule has 29 heavy (non-hydrogen) atoms. The minimum absolute atomic E-state index is 0.170. The molecule has 2 heterocycles. The molecule has 3 aromatic rings. The Morgan fingerprint density at radius 1 is 1.21 bits per heavy atom. The molecule has 0 bridgehead atoms. The van der Waals surface area contributed by atoms with Crippen molar-refractivity contribution in [2.24, 2.45) is 0 Å². The molecule has 0 aliphatic carbocycles. The number of thiophene rings is 1. The molecule has 0 aliphatic heterocycles. The summed E-state index contributed by atoms with van der Waals surface area (Å²) in [6.45, 7) is 6.41. The van der Waals surface area contributed by atoms with E-state index >= 15 is 0 Å². The van der Waals surface area contributed by atoms with Crippen molar-refractivity contribution in [3.63, 3.8) is 0 Å². The number of fused-ring (bicyclic) bond motifs is 1. The van der Waals surface area contributed by atoms with E-state index in [2.05, 4.69) is 33.9 Å². The number of hydrogen-bond donors (Lipinski definition) is 1. The Balaban J connectivity index is 1.83. The number of esters is 1. The van der Waals surface area contributed by atoms with Gasteiger partial charge in [0.05, 0.1) is 18.5 Å². The quantitative estimate of drug-likeness (QED) is 0.427. The van der Waals surface area contributed by atoms with Crippen molar-refractivity contribution in [2.75, 3.05) is 26.9 Å². The molecule has 8 heteroatoms. The molecule has 0 unspecified atom stereocenters. The third kappa shape index (κ3) is 5.09. The Labute approximate surface area is 173 Å². The Hall–Kier alpha value is -2.55. The van der Waals surface area contributed by atoms with Crippen molar-refractivity contribution < 1.29 is 14.3 Å². The lowest BCUT2D eigenvalue weighted by atomic mass is 10.2. The summed E-state index contributed by atoms with van der Waals surface area (Å²) >= 11 is 1.19. The minimum atomic E-state index is -0.456. The maximum Gasteiger partial charge on any atom is 0.348 e. The molecule has 0 atom stereocenters. The van der Waals surface area contributed by atoms with Gasteiger partial charge < -0.3 is 14.5 Å². The number of aromatic nitrogens is 2. The van der Waals surface area contributed by atoms with Crippen molar-refractivity contribution in [3.8, 4) is 0 Å². The molecule has 0 fully saturated rings. The summed E-state index contributed by atoms with van der Waals surface area (Å²) in [4.78, 5) is 35.6. The normalized spacial score (nSPS) is 11.3. The van der Waals surface area contributed by atoms with Crippen LogP contribution in [0.5, 0.6) is 0 Å². The Kier molecular flexibility index (Phi) is 7.13. The second-order valence-corrected chi connectivity index (χ2v) is 7.67. The number of benzene rings is 1. The van der Waals surface area contributed by atoms with E-state index in [0.29, 0.717) is 39.6 Å². The molecular formula is C21H25N3O4S. The van der Waals surface area contributed by atoms with E-state index in [1.54, 1.807) is 14.0 Å². The van der Waals surface area contributed by atoms with Crippen LogP contribution in [0.15, 0.2) is 35.1 Å². The molecule has 1 aromatic carbocycles. The van der Waals surface area contributed by atoms with Crippen molar-refractivity contribution in [1.29, 1.82) is 0 Å². The predicted molar refractivity (Wildman–Crippen MR) is 113 cm³/mol. The van der Waals surface area contributed by atoms with Gasteiger partial charge in [-0.3, -0.25) is 9.69 Å². The molecule has 154 valence electrons. The number of carbonyl (C=O) groups is 1. The van der Waals surface area contributed by atoms with E-state index in [9.17, 15) is 9.59 Å². The third-order valence-corrected chi connectivity index (χ3v) is 5.79. The van der Waals surface area contributed by atoms with Gasteiger partial charge in [-0.25, -0.2) is 9.78 Å². The fraction of sp³-hybridized carbons (Fsp3) is 0.381. The zero-order valence-corrected chi connectivity index (χ0v) is 17.7. The zero-order valence-electron chi connectivity index (χ0n) is 16.9. The van der Waals surface area contributed by atoms with Gasteiger partial charge in [0.25, 0.3) is 5.56 Å². The first-order valence-electron chi connectivity index (χ1n) is 9.48. The van der Waals surface area contributed by atoms with Crippen molar-refractivity contribution >= 4 is 27.5 Å². The van der Waals surface area contributed by atoms with Crippen LogP contribution < -0.4 is 5.56 Å². The number of rotatable bonds is 9. The highest BCUT2D eigenvalue weighted by atomic mass is 32.1. The minimum Gasteiger partial charge on any atom is -0.459 e. The highest BCUT2D eigenvalue weighted by Crippen LogP contribution is 2.27. The monoisotopic (exact) mass is 415 g/mol. The van der Waals surface area contributed by atoms with Crippen molar-refractivity contribution in [2.45, 2.75) is 26.9 Å². The molecule has 0 radical (unpaired) electrons. The lowest BCUT2D eigenvalue weighted by molar-refractivity contribution is 0.0393. The average molecular weight is 416 g/mol. The summed E-state index contributed by atoms with van der Waals surface area (Å²) in [6.07, 6.45) is 0. The van der Waals surface area contributed by atoms with Crippen LogP contribution in [0.3, 0.4) is 0 Å². The number of aromatic amines is 1. The van der Waals surface area contributed by atoms with Crippen LogP contribution >= 0.6 is 11.3 Å². The van der Waals surface area contributed by atoms with Crippen LogP contribution in [0.25, 0.3) is 10.2 Å². The van der Waals surface area contributed by atoms with Gasteiger partial charge in [0.2, 0.25) is 0 Å². The standard InChI is InChI=1S/C21H25N3O4S/c1-4-24(12-15-8-6-5-7-9-15)13-16-22-19(25)17-14(2)18(29-20(17)23-16)21(26)28-11-10-27-3/h5-9H,4,10-13H2,1-3H3,(H,22,23,25). The van der Waals surface area contributed by atoms with Gasteiger partial charge in [-0.15, -0.1) is 11.3 Å². The zero-order chi connectivity index (χ0) is 20.8. The molecule has 0 saturated heterocycles. The van der Waals surface area contributed by atoms with Crippen molar-refractivity contribution in [1.82, 2.24) is 14.9 Å². The number of carbonyl (C=O) groups excluding carboxylic acids is 1. The largest absolute Gasteiger partial charge is 0.459 e. The highest BCUT2D eigenvalue weighted by Gasteiger charge is 2.20. The highest BCUT2D eigenvalue weighted by molar-refractivity contribution is 7.20. The van der Waals surface area contributed by atoms with E-state index < -0.39 is 5.97 Å². The molecule has 1 N–H and O–H groups in total. The third-order valence-electron chi connectivity index (χ3n) is 4.63. The van der Waals surface area contributed by atoms with Gasteiger partial charge >= 0.3 is 5.97 Å². The molecule has 0 amide bonds. The fourth-order valence-corrected chi connectivity index (χ4v) is 4.17. The van der Waals surface area contributed by atoms with Gasteiger partial charge in [-0.1, -0.05) is 37.3 Å².